The highest BCUT2D eigenvalue weighted by atomic mass is 16.6. The Morgan fingerprint density at radius 3 is 1.18 bits per heavy atom. The Hall–Kier alpha value is -6.72. The highest BCUT2D eigenvalue weighted by Gasteiger charge is 2.25. The molecule has 0 heterocycles. The molecule has 230 valence electrons. The van der Waals surface area contributed by atoms with Gasteiger partial charge in [0.2, 0.25) is 0 Å². The summed E-state index contributed by atoms with van der Waals surface area (Å²) in [5.41, 5.74) is 0.898. The summed E-state index contributed by atoms with van der Waals surface area (Å²) in [6.07, 6.45) is 0. The molecule has 0 amide bonds. The van der Waals surface area contributed by atoms with E-state index in [0.717, 1.165) is 42.2 Å². The van der Waals surface area contributed by atoms with Crippen LogP contribution in [0.5, 0.6) is 0 Å². The van der Waals surface area contributed by atoms with Gasteiger partial charge in [-0.15, -0.1) is 0 Å². The molecule has 0 radical (unpaired) electrons. The fraction of sp³-hybridized carbons (Fsp3) is 0.111. The molecule has 4 rings (SSSR count). The van der Waals surface area contributed by atoms with E-state index < -0.39 is 42.4 Å². The van der Waals surface area contributed by atoms with E-state index in [-0.39, 0.29) is 11.4 Å². The van der Waals surface area contributed by atoms with Crippen LogP contribution in [0.1, 0.15) is 6.92 Å². The minimum absolute atomic E-state index is 0.162. The van der Waals surface area contributed by atoms with Gasteiger partial charge in [0.25, 0.3) is 0 Å². The molecule has 0 aliphatic heterocycles. The van der Waals surface area contributed by atoms with E-state index in [1.54, 1.807) is 43.4 Å². The first kappa shape index (κ1) is 32.8. The lowest BCUT2D eigenvalue weighted by atomic mass is 10.2. The summed E-state index contributed by atoms with van der Waals surface area (Å²) in [6.45, 7) is 2.78. The third-order valence-electron chi connectivity index (χ3n) is 5.67. The molecule has 0 aliphatic carbocycles. The van der Waals surface area contributed by atoms with Gasteiger partial charge in [-0.25, -0.2) is 0 Å². The van der Waals surface area contributed by atoms with Crippen LogP contribution in [0.4, 0.5) is 56.9 Å². The summed E-state index contributed by atoms with van der Waals surface area (Å²) in [4.78, 5) is 39.9. The molecular weight excluding hydrogens is 592 g/mol. The second kappa shape index (κ2) is 15.5. The van der Waals surface area contributed by atoms with Gasteiger partial charge in [0.1, 0.15) is 0 Å². The molecule has 0 aromatic heterocycles. The maximum absolute atomic E-state index is 10.9. The Labute approximate surface area is 253 Å². The van der Waals surface area contributed by atoms with Crippen molar-refractivity contribution in [3.05, 3.63) is 125 Å². The molecule has 0 spiro atoms. The number of nitro groups is 4. The normalized spacial score (nSPS) is 10.6. The molecule has 4 aromatic rings. The van der Waals surface area contributed by atoms with E-state index in [1.165, 1.54) is 12.1 Å². The lowest BCUT2D eigenvalue weighted by Crippen LogP contribution is -1.95. The van der Waals surface area contributed by atoms with Crippen molar-refractivity contribution in [3.8, 4) is 0 Å². The highest BCUT2D eigenvalue weighted by molar-refractivity contribution is 5.61. The Morgan fingerprint density at radius 2 is 0.844 bits per heavy atom. The number of hydrogen-bond donors (Lipinski definition) is 2. The molecule has 0 bridgehead atoms. The van der Waals surface area contributed by atoms with E-state index in [1.807, 2.05) is 19.1 Å². The summed E-state index contributed by atoms with van der Waals surface area (Å²) < 4.78 is 0. The first-order valence-corrected chi connectivity index (χ1v) is 12.8. The molecule has 2 N–H and O–H groups in total. The van der Waals surface area contributed by atoms with Crippen molar-refractivity contribution < 1.29 is 19.7 Å². The van der Waals surface area contributed by atoms with Gasteiger partial charge >= 0.3 is 22.7 Å². The predicted molar refractivity (Wildman–Crippen MR) is 164 cm³/mol. The van der Waals surface area contributed by atoms with Gasteiger partial charge in [0.15, 0.2) is 0 Å². The van der Waals surface area contributed by atoms with E-state index >= 15 is 0 Å². The van der Waals surface area contributed by atoms with Crippen molar-refractivity contribution in [1.29, 1.82) is 0 Å². The van der Waals surface area contributed by atoms with Crippen molar-refractivity contribution >= 4 is 56.9 Å². The number of rotatable bonds is 11. The summed E-state index contributed by atoms with van der Waals surface area (Å²) >= 11 is 0. The Bertz CT molecular complexity index is 1760. The summed E-state index contributed by atoms with van der Waals surface area (Å²) in [6, 6.07) is 20.9. The summed E-state index contributed by atoms with van der Waals surface area (Å²) in [5.74, 6) is 0. The SMILES string of the molecule is CCNc1ccc(/N=N/c2ccc([N+](=O)[O-])c([N+](=O)[O-])c2)cc1.CNc1ccc(/N=N/c2ccc([N+](=O)[O-])c([N+](=O)[O-])c2)cc1. The predicted octanol–water partition coefficient (Wildman–Crippen LogP) is 8.31. The van der Waals surface area contributed by atoms with Crippen LogP contribution < -0.4 is 10.6 Å². The standard InChI is InChI=1S/C14H13N5O4.C13H11N5O4/c1-2-15-10-3-5-11(6-4-10)16-17-12-7-8-13(18(20)21)14(9-12)19(22)23;1-14-9-2-4-10(5-3-9)15-16-11-6-7-12(17(19)20)13(8-11)18(21)22/h3-9,15H,2H2,1H3;2-8,14H,1H3/b17-16+;16-15+. The number of nitro benzene ring substituents is 4. The Morgan fingerprint density at radius 1 is 0.511 bits per heavy atom. The van der Waals surface area contributed by atoms with Gasteiger partial charge in [0.05, 0.1) is 54.6 Å². The minimum atomic E-state index is -0.821. The monoisotopic (exact) mass is 616 g/mol. The van der Waals surface area contributed by atoms with Gasteiger partial charge in [-0.1, -0.05) is 0 Å². The third-order valence-corrected chi connectivity index (χ3v) is 5.67. The maximum Gasteiger partial charge on any atom is 0.348 e. The van der Waals surface area contributed by atoms with E-state index in [2.05, 4.69) is 31.1 Å². The van der Waals surface area contributed by atoms with Crippen LogP contribution in [0.3, 0.4) is 0 Å². The number of azo groups is 2. The molecule has 45 heavy (non-hydrogen) atoms. The first-order chi connectivity index (χ1) is 21.5. The quantitative estimate of drug-likeness (QED) is 0.0925. The van der Waals surface area contributed by atoms with E-state index in [0.29, 0.717) is 11.4 Å². The topological polar surface area (TPSA) is 246 Å². The summed E-state index contributed by atoms with van der Waals surface area (Å²) in [5, 5.41) is 64.9. The molecule has 0 saturated carbocycles. The lowest BCUT2D eigenvalue weighted by molar-refractivity contribution is -0.422. The number of anilines is 2. The average molecular weight is 617 g/mol. The van der Waals surface area contributed by atoms with Gasteiger partial charge in [0, 0.05) is 37.1 Å². The molecule has 0 fully saturated rings. The lowest BCUT2D eigenvalue weighted by Gasteiger charge is -2.01. The Balaban J connectivity index is 0.000000246. The van der Waals surface area contributed by atoms with Crippen LogP contribution in [-0.4, -0.2) is 33.3 Å². The van der Waals surface area contributed by atoms with Crippen LogP contribution in [-0.2, 0) is 0 Å². The van der Waals surface area contributed by atoms with Crippen LogP contribution in [0.25, 0.3) is 0 Å². The third kappa shape index (κ3) is 9.39. The van der Waals surface area contributed by atoms with Gasteiger partial charge < -0.3 is 10.6 Å². The van der Waals surface area contributed by atoms with Crippen LogP contribution in [0, 0.1) is 40.5 Å². The van der Waals surface area contributed by atoms with E-state index in [4.69, 9.17) is 0 Å². The fourth-order valence-electron chi connectivity index (χ4n) is 3.53. The van der Waals surface area contributed by atoms with Crippen molar-refractivity contribution in [2.24, 2.45) is 20.5 Å². The molecule has 18 nitrogen and oxygen atoms in total. The van der Waals surface area contributed by atoms with Gasteiger partial charge in [-0.2, -0.15) is 20.5 Å². The molecule has 0 unspecified atom stereocenters. The summed E-state index contributed by atoms with van der Waals surface area (Å²) in [7, 11) is 1.78. The molecule has 0 saturated heterocycles. The van der Waals surface area contributed by atoms with E-state index in [9.17, 15) is 40.5 Å². The molecule has 0 aliphatic rings. The number of nitrogens with one attached hydrogen (secondary N) is 2. The van der Waals surface area contributed by atoms with Crippen LogP contribution in [0.2, 0.25) is 0 Å². The smallest absolute Gasteiger partial charge is 0.348 e. The number of nitrogens with zero attached hydrogens (tertiary/aromatic N) is 8. The maximum atomic E-state index is 10.9. The van der Waals surface area contributed by atoms with Gasteiger partial charge in [-0.3, -0.25) is 40.5 Å². The van der Waals surface area contributed by atoms with Crippen LogP contribution >= 0.6 is 0 Å². The first-order valence-electron chi connectivity index (χ1n) is 12.8. The van der Waals surface area contributed by atoms with Gasteiger partial charge in [-0.05, 0) is 67.6 Å². The molecule has 4 aromatic carbocycles. The average Bonchev–Trinajstić information content (AvgIpc) is 3.03. The molecular formula is C27H24N10O8. The van der Waals surface area contributed by atoms with Crippen molar-refractivity contribution in [2.45, 2.75) is 6.92 Å². The Kier molecular flexibility index (Phi) is 11.3. The number of hydrogen-bond acceptors (Lipinski definition) is 14. The van der Waals surface area contributed by atoms with Crippen molar-refractivity contribution in [1.82, 2.24) is 0 Å². The largest absolute Gasteiger partial charge is 0.388 e. The molecule has 18 heteroatoms. The number of benzene rings is 4. The zero-order chi connectivity index (χ0) is 32.9. The molecule has 0 atom stereocenters. The zero-order valence-corrected chi connectivity index (χ0v) is 23.6. The van der Waals surface area contributed by atoms with Crippen molar-refractivity contribution in [3.63, 3.8) is 0 Å². The minimum Gasteiger partial charge on any atom is -0.388 e. The second-order valence-electron chi connectivity index (χ2n) is 8.65. The van der Waals surface area contributed by atoms with Crippen molar-refractivity contribution in [2.75, 3.05) is 24.2 Å². The highest BCUT2D eigenvalue weighted by Crippen LogP contribution is 2.33. The van der Waals surface area contributed by atoms with Crippen LogP contribution in [0.15, 0.2) is 105 Å². The fourth-order valence-corrected chi connectivity index (χ4v) is 3.53. The second-order valence-corrected chi connectivity index (χ2v) is 8.65. The zero-order valence-electron chi connectivity index (χ0n) is 23.6.